The predicted molar refractivity (Wildman–Crippen MR) is 51.3 cm³/mol. The molecular formula is C8H12N2O2S. The van der Waals surface area contributed by atoms with Crippen molar-refractivity contribution in [2.45, 2.75) is 18.9 Å². The van der Waals surface area contributed by atoms with E-state index in [0.717, 1.165) is 19.4 Å². The van der Waals surface area contributed by atoms with Gasteiger partial charge in [0.15, 0.2) is 5.11 Å². The molecule has 0 saturated carbocycles. The first kappa shape index (κ1) is 8.90. The molecule has 0 aromatic rings. The molecule has 0 spiro atoms. The molecule has 0 aromatic heterocycles. The highest BCUT2D eigenvalue weighted by atomic mass is 32.1. The summed E-state index contributed by atoms with van der Waals surface area (Å²) in [6.45, 7) is 1.77. The first-order chi connectivity index (χ1) is 6.27. The van der Waals surface area contributed by atoms with Crippen LogP contribution in [0.25, 0.3) is 0 Å². The highest BCUT2D eigenvalue weighted by Gasteiger charge is 2.29. The molecule has 0 bridgehead atoms. The molecule has 4 nitrogen and oxygen atoms in total. The maximum absolute atomic E-state index is 11.3. The van der Waals surface area contributed by atoms with Crippen molar-refractivity contribution in [3.63, 3.8) is 0 Å². The van der Waals surface area contributed by atoms with Crippen molar-refractivity contribution < 1.29 is 9.53 Å². The van der Waals surface area contributed by atoms with Crippen LogP contribution < -0.4 is 5.32 Å². The van der Waals surface area contributed by atoms with E-state index >= 15 is 0 Å². The summed E-state index contributed by atoms with van der Waals surface area (Å²) in [6.07, 6.45) is 2.31. The summed E-state index contributed by atoms with van der Waals surface area (Å²) >= 11 is 4.99. The second kappa shape index (κ2) is 3.59. The normalized spacial score (nSPS) is 28.3. The molecule has 72 valence electrons. The molecule has 2 saturated heterocycles. The minimum atomic E-state index is 0.0560. The summed E-state index contributed by atoms with van der Waals surface area (Å²) in [5, 5.41) is 3.39. The lowest BCUT2D eigenvalue weighted by atomic mass is 10.2. The highest BCUT2D eigenvalue weighted by molar-refractivity contribution is 7.80. The Kier molecular flexibility index (Phi) is 2.46. The molecular weight excluding hydrogens is 188 g/mol. The number of hydrogen-bond donors (Lipinski definition) is 1. The van der Waals surface area contributed by atoms with Gasteiger partial charge in [0, 0.05) is 6.61 Å². The second-order valence-electron chi connectivity index (χ2n) is 3.30. The molecule has 5 heteroatoms. The number of ether oxygens (including phenoxy) is 1. The molecule has 2 heterocycles. The minimum absolute atomic E-state index is 0.0560. The average Bonchev–Trinajstić information content (AvgIpc) is 2.70. The van der Waals surface area contributed by atoms with Gasteiger partial charge in [0.2, 0.25) is 5.91 Å². The summed E-state index contributed by atoms with van der Waals surface area (Å²) in [4.78, 5) is 12.9. The van der Waals surface area contributed by atoms with E-state index in [4.69, 9.17) is 17.0 Å². The molecule has 1 amide bonds. The Hall–Kier alpha value is -0.680. The van der Waals surface area contributed by atoms with Gasteiger partial charge in [0.05, 0.1) is 19.2 Å². The van der Waals surface area contributed by atoms with Crippen LogP contribution in [0, 0.1) is 0 Å². The Morgan fingerprint density at radius 1 is 1.69 bits per heavy atom. The zero-order chi connectivity index (χ0) is 9.26. The van der Waals surface area contributed by atoms with Crippen molar-refractivity contribution in [1.82, 2.24) is 10.2 Å². The Morgan fingerprint density at radius 2 is 2.54 bits per heavy atom. The first-order valence-electron chi connectivity index (χ1n) is 4.47. The van der Waals surface area contributed by atoms with Gasteiger partial charge in [0.1, 0.15) is 0 Å². The van der Waals surface area contributed by atoms with Crippen LogP contribution in [0.1, 0.15) is 12.8 Å². The van der Waals surface area contributed by atoms with E-state index in [1.807, 2.05) is 0 Å². The van der Waals surface area contributed by atoms with Crippen LogP contribution in [0.15, 0.2) is 0 Å². The van der Waals surface area contributed by atoms with Crippen LogP contribution in [-0.4, -0.2) is 41.7 Å². The molecule has 0 radical (unpaired) electrons. The third-order valence-electron chi connectivity index (χ3n) is 2.35. The maximum atomic E-state index is 11.3. The van der Waals surface area contributed by atoms with Gasteiger partial charge in [0.25, 0.3) is 0 Å². The van der Waals surface area contributed by atoms with Crippen molar-refractivity contribution in [2.24, 2.45) is 0 Å². The largest absolute Gasteiger partial charge is 0.376 e. The lowest BCUT2D eigenvalue weighted by Gasteiger charge is -2.18. The summed E-state index contributed by atoms with van der Waals surface area (Å²) in [7, 11) is 0. The van der Waals surface area contributed by atoms with Crippen molar-refractivity contribution in [3.8, 4) is 0 Å². The molecule has 2 rings (SSSR count). The molecule has 2 aliphatic rings. The van der Waals surface area contributed by atoms with Crippen LogP contribution in [-0.2, 0) is 9.53 Å². The van der Waals surface area contributed by atoms with Crippen LogP contribution >= 0.6 is 12.2 Å². The van der Waals surface area contributed by atoms with Gasteiger partial charge < -0.3 is 10.1 Å². The Labute approximate surface area is 82.2 Å². The van der Waals surface area contributed by atoms with Gasteiger partial charge >= 0.3 is 0 Å². The predicted octanol–water partition coefficient (Wildman–Crippen LogP) is -0.118. The van der Waals surface area contributed by atoms with Crippen LogP contribution in [0.5, 0.6) is 0 Å². The summed E-state index contributed by atoms with van der Waals surface area (Å²) < 4.78 is 5.43. The van der Waals surface area contributed by atoms with E-state index in [1.165, 1.54) is 0 Å². The standard InChI is InChI=1S/C8H12N2O2S/c11-7-4-9-8(13)10(7)5-6-2-1-3-12-6/h6H,1-5H2,(H,9,13)/t6-/m1/s1. The van der Waals surface area contributed by atoms with E-state index in [9.17, 15) is 4.79 Å². The third-order valence-corrected chi connectivity index (χ3v) is 2.71. The van der Waals surface area contributed by atoms with Gasteiger partial charge in [-0.1, -0.05) is 0 Å². The fourth-order valence-corrected chi connectivity index (χ4v) is 1.88. The number of carbonyl (C=O) groups is 1. The molecule has 13 heavy (non-hydrogen) atoms. The summed E-state index contributed by atoms with van der Waals surface area (Å²) in [5.41, 5.74) is 0. The number of amides is 1. The van der Waals surface area contributed by atoms with E-state index in [-0.39, 0.29) is 12.0 Å². The number of thiocarbonyl (C=S) groups is 1. The number of nitrogens with one attached hydrogen (secondary N) is 1. The quantitative estimate of drug-likeness (QED) is 0.631. The van der Waals surface area contributed by atoms with Gasteiger partial charge in [-0.15, -0.1) is 0 Å². The topological polar surface area (TPSA) is 41.6 Å². The van der Waals surface area contributed by atoms with Crippen LogP contribution in [0.3, 0.4) is 0 Å². The van der Waals surface area contributed by atoms with Crippen molar-refractivity contribution in [3.05, 3.63) is 0 Å². The Morgan fingerprint density at radius 3 is 3.08 bits per heavy atom. The van der Waals surface area contributed by atoms with Crippen LogP contribution in [0.2, 0.25) is 0 Å². The van der Waals surface area contributed by atoms with Gasteiger partial charge in [-0.2, -0.15) is 0 Å². The zero-order valence-corrected chi connectivity index (χ0v) is 8.10. The summed E-state index contributed by atoms with van der Waals surface area (Å²) in [6, 6.07) is 0. The lowest BCUT2D eigenvalue weighted by molar-refractivity contribution is -0.125. The summed E-state index contributed by atoms with van der Waals surface area (Å²) in [5.74, 6) is 0.0560. The van der Waals surface area contributed by atoms with Gasteiger partial charge in [-0.3, -0.25) is 9.69 Å². The fraction of sp³-hybridized carbons (Fsp3) is 0.750. The lowest BCUT2D eigenvalue weighted by Crippen LogP contribution is -2.37. The minimum Gasteiger partial charge on any atom is -0.376 e. The van der Waals surface area contributed by atoms with E-state index in [2.05, 4.69) is 5.32 Å². The second-order valence-corrected chi connectivity index (χ2v) is 3.68. The van der Waals surface area contributed by atoms with E-state index < -0.39 is 0 Å². The molecule has 0 aromatic carbocycles. The third kappa shape index (κ3) is 1.81. The van der Waals surface area contributed by atoms with Crippen molar-refractivity contribution >= 4 is 23.2 Å². The smallest absolute Gasteiger partial charge is 0.248 e. The molecule has 0 aliphatic carbocycles. The zero-order valence-electron chi connectivity index (χ0n) is 7.28. The molecule has 0 unspecified atom stereocenters. The average molecular weight is 200 g/mol. The number of carbonyl (C=O) groups excluding carboxylic acids is 1. The fourth-order valence-electron chi connectivity index (χ4n) is 1.63. The number of nitrogens with zero attached hydrogens (tertiary/aromatic N) is 1. The maximum Gasteiger partial charge on any atom is 0.248 e. The first-order valence-corrected chi connectivity index (χ1v) is 4.88. The molecule has 1 N–H and O–H groups in total. The number of hydrogen-bond acceptors (Lipinski definition) is 3. The van der Waals surface area contributed by atoms with E-state index in [1.54, 1.807) is 4.90 Å². The van der Waals surface area contributed by atoms with E-state index in [0.29, 0.717) is 18.2 Å². The molecule has 1 atom stereocenters. The van der Waals surface area contributed by atoms with Gasteiger partial charge in [-0.05, 0) is 25.1 Å². The van der Waals surface area contributed by atoms with Crippen LogP contribution in [0.4, 0.5) is 0 Å². The van der Waals surface area contributed by atoms with Gasteiger partial charge in [-0.25, -0.2) is 0 Å². The Balaban J connectivity index is 1.92. The Bertz CT molecular complexity index is 222. The van der Waals surface area contributed by atoms with Crippen molar-refractivity contribution in [2.75, 3.05) is 19.7 Å². The molecule has 2 fully saturated rings. The highest BCUT2D eigenvalue weighted by Crippen LogP contribution is 2.14. The monoisotopic (exact) mass is 200 g/mol. The molecule has 2 aliphatic heterocycles. The number of rotatable bonds is 2. The van der Waals surface area contributed by atoms with Crippen molar-refractivity contribution in [1.29, 1.82) is 0 Å². The SMILES string of the molecule is O=C1CNC(=S)N1C[C@H]1CCCO1.